The maximum atomic E-state index is 13.3. The second-order valence-electron chi connectivity index (χ2n) is 4.92. The molecule has 0 aromatic heterocycles. The third kappa shape index (κ3) is 1.82. The minimum absolute atomic E-state index is 0.159. The number of anilines is 1. The first-order chi connectivity index (χ1) is 9.47. The fraction of sp³-hybridized carbons (Fsp3) is 0.308. The van der Waals surface area contributed by atoms with Gasteiger partial charge < -0.3 is 10.6 Å². The van der Waals surface area contributed by atoms with Crippen LogP contribution in [0.5, 0.6) is 0 Å². The monoisotopic (exact) mass is 277 g/mol. The number of hydrogen-bond donors (Lipinski definition) is 2. The third-order valence-corrected chi connectivity index (χ3v) is 3.66. The number of rotatable bonds is 1. The average Bonchev–Trinajstić information content (AvgIpc) is 2.68. The standard InChI is InChI=1S/C13H12FN3O3/c14-6-3-7-8(9(15)4-6)5-17(13(7)20)10-1-2-11(18)16-12(10)19/h3-4,10H,1-2,5,15H2,(H,16,18,19)/t10-/m0/s1. The molecule has 1 fully saturated rings. The van der Waals surface area contributed by atoms with Crippen molar-refractivity contribution in [1.29, 1.82) is 0 Å². The predicted molar refractivity (Wildman–Crippen MR) is 66.9 cm³/mol. The summed E-state index contributed by atoms with van der Waals surface area (Å²) in [5.74, 6) is -1.86. The van der Waals surface area contributed by atoms with E-state index in [9.17, 15) is 18.8 Å². The summed E-state index contributed by atoms with van der Waals surface area (Å²) in [7, 11) is 0. The van der Waals surface area contributed by atoms with Crippen molar-refractivity contribution in [3.63, 3.8) is 0 Å². The van der Waals surface area contributed by atoms with Gasteiger partial charge in [0.05, 0.1) is 0 Å². The van der Waals surface area contributed by atoms with Crippen molar-refractivity contribution >= 4 is 23.4 Å². The van der Waals surface area contributed by atoms with Crippen molar-refractivity contribution in [3.8, 4) is 0 Å². The molecule has 3 rings (SSSR count). The third-order valence-electron chi connectivity index (χ3n) is 3.66. The molecule has 1 aromatic rings. The minimum atomic E-state index is -0.713. The number of carbonyl (C=O) groups excluding carboxylic acids is 3. The van der Waals surface area contributed by atoms with Gasteiger partial charge in [-0.3, -0.25) is 19.7 Å². The molecule has 2 heterocycles. The molecule has 0 unspecified atom stereocenters. The van der Waals surface area contributed by atoms with Crippen molar-refractivity contribution in [2.75, 3.05) is 5.73 Å². The van der Waals surface area contributed by atoms with E-state index in [0.29, 0.717) is 5.56 Å². The fourth-order valence-corrected chi connectivity index (χ4v) is 2.65. The molecule has 3 amide bonds. The van der Waals surface area contributed by atoms with E-state index >= 15 is 0 Å². The number of nitrogen functional groups attached to an aromatic ring is 1. The zero-order chi connectivity index (χ0) is 14.4. The van der Waals surface area contributed by atoms with Crippen LogP contribution in [0.4, 0.5) is 10.1 Å². The number of hydrogen-bond acceptors (Lipinski definition) is 4. The number of amides is 3. The van der Waals surface area contributed by atoms with Crippen LogP contribution in [0.3, 0.4) is 0 Å². The van der Waals surface area contributed by atoms with Gasteiger partial charge in [0.2, 0.25) is 11.8 Å². The maximum absolute atomic E-state index is 13.3. The largest absolute Gasteiger partial charge is 0.398 e. The summed E-state index contributed by atoms with van der Waals surface area (Å²) in [6, 6.07) is 1.56. The van der Waals surface area contributed by atoms with Gasteiger partial charge in [-0.05, 0) is 18.6 Å². The van der Waals surface area contributed by atoms with Crippen molar-refractivity contribution < 1.29 is 18.8 Å². The van der Waals surface area contributed by atoms with Crippen LogP contribution in [-0.4, -0.2) is 28.7 Å². The molecule has 0 bridgehead atoms. The Morgan fingerprint density at radius 3 is 2.75 bits per heavy atom. The summed E-state index contributed by atoms with van der Waals surface area (Å²) in [5, 5.41) is 2.20. The molecule has 1 aromatic carbocycles. The smallest absolute Gasteiger partial charge is 0.255 e. The van der Waals surface area contributed by atoms with E-state index < -0.39 is 23.7 Å². The molecule has 2 aliphatic heterocycles. The van der Waals surface area contributed by atoms with Gasteiger partial charge in [0.15, 0.2) is 0 Å². The summed E-state index contributed by atoms with van der Waals surface area (Å²) in [6.45, 7) is 0.159. The Kier molecular flexibility index (Phi) is 2.70. The highest BCUT2D eigenvalue weighted by Gasteiger charge is 2.39. The number of benzene rings is 1. The Morgan fingerprint density at radius 2 is 2.05 bits per heavy atom. The molecule has 104 valence electrons. The quantitative estimate of drug-likeness (QED) is 0.565. The molecule has 7 heteroatoms. The molecular formula is C13H12FN3O3. The van der Waals surface area contributed by atoms with Crippen molar-refractivity contribution in [1.82, 2.24) is 10.2 Å². The zero-order valence-electron chi connectivity index (χ0n) is 10.5. The van der Waals surface area contributed by atoms with Gasteiger partial charge in [-0.2, -0.15) is 0 Å². The van der Waals surface area contributed by atoms with E-state index in [-0.39, 0.29) is 36.5 Å². The lowest BCUT2D eigenvalue weighted by atomic mass is 10.0. The van der Waals surface area contributed by atoms with E-state index in [1.807, 2.05) is 0 Å². The second kappa shape index (κ2) is 4.29. The summed E-state index contributed by atoms with van der Waals surface area (Å²) < 4.78 is 13.3. The van der Waals surface area contributed by atoms with Crippen molar-refractivity contribution in [3.05, 3.63) is 29.1 Å². The van der Waals surface area contributed by atoms with Crippen LogP contribution in [0.15, 0.2) is 12.1 Å². The summed E-state index contributed by atoms with van der Waals surface area (Å²) >= 11 is 0. The number of nitrogens with zero attached hydrogens (tertiary/aromatic N) is 1. The minimum Gasteiger partial charge on any atom is -0.398 e. The van der Waals surface area contributed by atoms with E-state index in [1.54, 1.807) is 0 Å². The SMILES string of the molecule is Nc1cc(F)cc2c1CN([C@H]1CCC(=O)NC1=O)C2=O. The highest BCUT2D eigenvalue weighted by atomic mass is 19.1. The second-order valence-corrected chi connectivity index (χ2v) is 4.92. The number of carbonyl (C=O) groups is 3. The average molecular weight is 277 g/mol. The molecule has 0 spiro atoms. The van der Waals surface area contributed by atoms with Crippen LogP contribution in [0.1, 0.15) is 28.8 Å². The lowest BCUT2D eigenvalue weighted by molar-refractivity contribution is -0.136. The first kappa shape index (κ1) is 12.6. The number of fused-ring (bicyclic) bond motifs is 1. The Labute approximate surface area is 113 Å². The molecule has 6 nitrogen and oxygen atoms in total. The number of nitrogens with two attached hydrogens (primary N) is 1. The predicted octanol–water partition coefficient (Wildman–Crippen LogP) is 0.169. The molecule has 2 aliphatic rings. The van der Waals surface area contributed by atoms with Gasteiger partial charge in [0.25, 0.3) is 5.91 Å². The lowest BCUT2D eigenvalue weighted by Crippen LogP contribution is -2.52. The van der Waals surface area contributed by atoms with E-state index in [4.69, 9.17) is 5.73 Å². The topological polar surface area (TPSA) is 92.5 Å². The van der Waals surface area contributed by atoms with Gasteiger partial charge in [0, 0.05) is 29.8 Å². The van der Waals surface area contributed by atoms with Gasteiger partial charge in [0.1, 0.15) is 11.9 Å². The summed E-state index contributed by atoms with van der Waals surface area (Å²) in [5.41, 5.74) is 6.62. The lowest BCUT2D eigenvalue weighted by Gasteiger charge is -2.29. The van der Waals surface area contributed by atoms with E-state index in [0.717, 1.165) is 12.1 Å². The molecule has 0 radical (unpaired) electrons. The van der Waals surface area contributed by atoms with E-state index in [1.165, 1.54) is 4.90 Å². The van der Waals surface area contributed by atoms with Gasteiger partial charge >= 0.3 is 0 Å². The van der Waals surface area contributed by atoms with Crippen LogP contribution >= 0.6 is 0 Å². The Morgan fingerprint density at radius 1 is 1.30 bits per heavy atom. The maximum Gasteiger partial charge on any atom is 0.255 e. The molecular weight excluding hydrogens is 265 g/mol. The summed E-state index contributed by atoms with van der Waals surface area (Å²) in [6.07, 6.45) is 0.452. The first-order valence-corrected chi connectivity index (χ1v) is 6.20. The molecule has 0 saturated carbocycles. The molecule has 1 saturated heterocycles. The van der Waals surface area contributed by atoms with Crippen LogP contribution < -0.4 is 11.1 Å². The highest BCUT2D eigenvalue weighted by Crippen LogP contribution is 2.31. The fourth-order valence-electron chi connectivity index (χ4n) is 2.65. The van der Waals surface area contributed by atoms with Gasteiger partial charge in [-0.1, -0.05) is 0 Å². The zero-order valence-corrected chi connectivity index (χ0v) is 10.5. The first-order valence-electron chi connectivity index (χ1n) is 6.20. The van der Waals surface area contributed by atoms with Crippen molar-refractivity contribution in [2.24, 2.45) is 0 Å². The van der Waals surface area contributed by atoms with E-state index in [2.05, 4.69) is 5.32 Å². The Balaban J connectivity index is 1.92. The van der Waals surface area contributed by atoms with Crippen LogP contribution in [0.2, 0.25) is 0 Å². The number of piperidine rings is 1. The van der Waals surface area contributed by atoms with Crippen LogP contribution in [0, 0.1) is 5.82 Å². The number of halogens is 1. The number of imide groups is 1. The van der Waals surface area contributed by atoms with Gasteiger partial charge in [-0.25, -0.2) is 4.39 Å². The summed E-state index contributed by atoms with van der Waals surface area (Å²) in [4.78, 5) is 36.5. The Hall–Kier alpha value is -2.44. The molecule has 0 aliphatic carbocycles. The normalized spacial score (nSPS) is 21.9. The van der Waals surface area contributed by atoms with Gasteiger partial charge in [-0.15, -0.1) is 0 Å². The van der Waals surface area contributed by atoms with Crippen molar-refractivity contribution in [2.45, 2.75) is 25.4 Å². The Bertz CT molecular complexity index is 644. The highest BCUT2D eigenvalue weighted by molar-refractivity contribution is 6.06. The van der Waals surface area contributed by atoms with Crippen LogP contribution in [0.25, 0.3) is 0 Å². The molecule has 20 heavy (non-hydrogen) atoms. The van der Waals surface area contributed by atoms with Crippen LogP contribution in [-0.2, 0) is 16.1 Å². The molecule has 3 N–H and O–H groups in total. The number of nitrogens with one attached hydrogen (secondary N) is 1. The molecule has 1 atom stereocenters.